The van der Waals surface area contributed by atoms with Crippen LogP contribution in [-0.4, -0.2) is 11.0 Å². The molecule has 2 rings (SSSR count). The Labute approximate surface area is 95.1 Å². The third-order valence-electron chi connectivity index (χ3n) is 2.42. The van der Waals surface area contributed by atoms with Gasteiger partial charge in [0, 0.05) is 17.2 Å². The summed E-state index contributed by atoms with van der Waals surface area (Å²) in [4.78, 5) is 0. The summed E-state index contributed by atoms with van der Waals surface area (Å²) < 4.78 is 0.907. The van der Waals surface area contributed by atoms with Gasteiger partial charge in [-0.05, 0) is 19.1 Å². The highest BCUT2D eigenvalue weighted by Gasteiger charge is 2.04. The van der Waals surface area contributed by atoms with Gasteiger partial charge in [0.25, 0.3) is 0 Å². The van der Waals surface area contributed by atoms with E-state index in [2.05, 4.69) is 0 Å². The Bertz CT molecular complexity index is 503. The number of para-hydroxylation sites is 1. The molecule has 0 fully saturated rings. The third-order valence-corrected chi connectivity index (χ3v) is 2.42. The molecular weight excluding hydrogens is 198 g/mol. The second-order valence-electron chi connectivity index (χ2n) is 3.65. The molecule has 0 heterocycles. The first-order valence-electron chi connectivity index (χ1n) is 5.19. The highest BCUT2D eigenvalue weighted by molar-refractivity contribution is 5.76. The van der Waals surface area contributed by atoms with Crippen molar-refractivity contribution in [2.24, 2.45) is 0 Å². The van der Waals surface area contributed by atoms with Crippen LogP contribution in [0.25, 0.3) is 0 Å². The fraction of sp³-hybridized carbons (Fsp3) is 0.0714. The van der Waals surface area contributed by atoms with E-state index in [-0.39, 0.29) is 0 Å². The fourth-order valence-electron chi connectivity index (χ4n) is 1.55. The molecule has 0 saturated carbocycles. The van der Waals surface area contributed by atoms with Crippen LogP contribution in [-0.2, 0) is 0 Å². The third kappa shape index (κ3) is 2.28. The van der Waals surface area contributed by atoms with Crippen LogP contribution in [0.15, 0.2) is 54.6 Å². The molecule has 0 saturated heterocycles. The average Bonchev–Trinajstić information content (AvgIpc) is 2.31. The average molecular weight is 211 g/mol. The van der Waals surface area contributed by atoms with Crippen molar-refractivity contribution in [1.82, 2.24) is 0 Å². The lowest BCUT2D eigenvalue weighted by Gasteiger charge is -2.05. The predicted octanol–water partition coefficient (Wildman–Crippen LogP) is 3.26. The molecule has 0 aliphatic heterocycles. The summed E-state index contributed by atoms with van der Waals surface area (Å²) in [6.07, 6.45) is 1.59. The van der Waals surface area contributed by atoms with Gasteiger partial charge in [0.05, 0.1) is 0 Å². The van der Waals surface area contributed by atoms with E-state index in [9.17, 15) is 5.21 Å². The SMILES string of the molecule is Cc1ccccc1/[N+]([O-])=C/c1ccccc1. The zero-order valence-electron chi connectivity index (χ0n) is 9.13. The lowest BCUT2D eigenvalue weighted by Crippen LogP contribution is -2.00. The highest BCUT2D eigenvalue weighted by Crippen LogP contribution is 2.16. The lowest BCUT2D eigenvalue weighted by atomic mass is 10.2. The Kier molecular flexibility index (Phi) is 3.01. The Morgan fingerprint density at radius 1 is 0.938 bits per heavy atom. The second kappa shape index (κ2) is 4.62. The molecule has 2 heteroatoms. The smallest absolute Gasteiger partial charge is 0.219 e. The molecule has 16 heavy (non-hydrogen) atoms. The molecular formula is C14H13NO. The summed E-state index contributed by atoms with van der Waals surface area (Å²) in [5, 5.41) is 11.9. The van der Waals surface area contributed by atoms with Crippen LogP contribution >= 0.6 is 0 Å². The topological polar surface area (TPSA) is 26.1 Å². The number of nitrogens with zero attached hydrogens (tertiary/aromatic N) is 1. The first-order valence-corrected chi connectivity index (χ1v) is 5.19. The van der Waals surface area contributed by atoms with Crippen molar-refractivity contribution in [3.05, 3.63) is 70.9 Å². The molecule has 0 aliphatic rings. The van der Waals surface area contributed by atoms with E-state index < -0.39 is 0 Å². The van der Waals surface area contributed by atoms with Crippen LogP contribution in [0.5, 0.6) is 0 Å². The first kappa shape index (κ1) is 10.4. The van der Waals surface area contributed by atoms with Crippen LogP contribution in [0.3, 0.4) is 0 Å². The molecule has 0 aliphatic carbocycles. The van der Waals surface area contributed by atoms with Crippen LogP contribution < -0.4 is 0 Å². The van der Waals surface area contributed by atoms with Crippen molar-refractivity contribution in [2.75, 3.05) is 0 Å². The van der Waals surface area contributed by atoms with Gasteiger partial charge in [-0.2, -0.15) is 4.74 Å². The van der Waals surface area contributed by atoms with Gasteiger partial charge in [0.15, 0.2) is 6.21 Å². The fourth-order valence-corrected chi connectivity index (χ4v) is 1.55. The van der Waals surface area contributed by atoms with Gasteiger partial charge in [-0.1, -0.05) is 36.4 Å². The van der Waals surface area contributed by atoms with Gasteiger partial charge in [0.1, 0.15) is 0 Å². The number of rotatable bonds is 2. The summed E-state index contributed by atoms with van der Waals surface area (Å²) in [6, 6.07) is 17.1. The maximum Gasteiger partial charge on any atom is 0.219 e. The minimum Gasteiger partial charge on any atom is -0.618 e. The number of aryl methyl sites for hydroxylation is 1. The second-order valence-corrected chi connectivity index (χ2v) is 3.65. The van der Waals surface area contributed by atoms with Crippen molar-refractivity contribution in [3.63, 3.8) is 0 Å². The molecule has 0 bridgehead atoms. The van der Waals surface area contributed by atoms with E-state index in [0.29, 0.717) is 5.69 Å². The van der Waals surface area contributed by atoms with Crippen molar-refractivity contribution >= 4 is 11.9 Å². The molecule has 0 atom stereocenters. The largest absolute Gasteiger partial charge is 0.618 e. The molecule has 0 amide bonds. The Hall–Kier alpha value is -2.09. The van der Waals surface area contributed by atoms with Gasteiger partial charge in [-0.25, -0.2) is 0 Å². The summed E-state index contributed by atoms with van der Waals surface area (Å²) in [5.41, 5.74) is 2.57. The molecule has 0 spiro atoms. The van der Waals surface area contributed by atoms with E-state index >= 15 is 0 Å². The molecule has 2 aromatic rings. The molecule has 0 N–H and O–H groups in total. The number of hydrogen-bond donors (Lipinski definition) is 0. The Morgan fingerprint density at radius 3 is 2.25 bits per heavy atom. The van der Waals surface area contributed by atoms with E-state index in [1.807, 2.05) is 61.5 Å². The zero-order chi connectivity index (χ0) is 11.4. The van der Waals surface area contributed by atoms with Gasteiger partial charge in [0.2, 0.25) is 5.69 Å². The molecule has 0 radical (unpaired) electrons. The van der Waals surface area contributed by atoms with Gasteiger partial charge >= 0.3 is 0 Å². The lowest BCUT2D eigenvalue weighted by molar-refractivity contribution is -0.355. The van der Waals surface area contributed by atoms with Crippen molar-refractivity contribution in [3.8, 4) is 0 Å². The van der Waals surface area contributed by atoms with Crippen LogP contribution in [0.2, 0.25) is 0 Å². The number of benzene rings is 2. The van der Waals surface area contributed by atoms with Gasteiger partial charge in [-0.15, -0.1) is 0 Å². The maximum atomic E-state index is 11.9. The normalized spacial score (nSPS) is 11.4. The summed E-state index contributed by atoms with van der Waals surface area (Å²) >= 11 is 0. The van der Waals surface area contributed by atoms with E-state index in [1.165, 1.54) is 0 Å². The standard InChI is InChI=1S/C14H13NO/c1-12-7-5-6-10-14(12)15(16)11-13-8-3-2-4-9-13/h2-11H,1H3/b15-11-. The summed E-state index contributed by atoms with van der Waals surface area (Å²) in [7, 11) is 0. The predicted molar refractivity (Wildman–Crippen MR) is 66.1 cm³/mol. The van der Waals surface area contributed by atoms with E-state index in [0.717, 1.165) is 15.9 Å². The summed E-state index contributed by atoms with van der Waals surface area (Å²) in [5.74, 6) is 0. The molecule has 2 aromatic carbocycles. The van der Waals surface area contributed by atoms with E-state index in [4.69, 9.17) is 0 Å². The van der Waals surface area contributed by atoms with Crippen molar-refractivity contribution in [1.29, 1.82) is 0 Å². The van der Waals surface area contributed by atoms with Crippen molar-refractivity contribution < 1.29 is 4.74 Å². The van der Waals surface area contributed by atoms with Crippen molar-refractivity contribution in [2.45, 2.75) is 6.92 Å². The number of hydrogen-bond acceptors (Lipinski definition) is 1. The van der Waals surface area contributed by atoms with Gasteiger partial charge < -0.3 is 5.21 Å². The Balaban J connectivity index is 2.36. The van der Waals surface area contributed by atoms with Crippen LogP contribution in [0, 0.1) is 12.1 Å². The molecule has 0 unspecified atom stereocenters. The van der Waals surface area contributed by atoms with Crippen LogP contribution in [0.1, 0.15) is 11.1 Å². The zero-order valence-corrected chi connectivity index (χ0v) is 9.13. The van der Waals surface area contributed by atoms with Crippen LogP contribution in [0.4, 0.5) is 5.69 Å². The molecule has 80 valence electrons. The highest BCUT2D eigenvalue weighted by atomic mass is 16.5. The van der Waals surface area contributed by atoms with E-state index in [1.54, 1.807) is 6.21 Å². The Morgan fingerprint density at radius 2 is 1.56 bits per heavy atom. The van der Waals surface area contributed by atoms with Gasteiger partial charge in [-0.3, -0.25) is 0 Å². The maximum absolute atomic E-state index is 11.9. The quantitative estimate of drug-likeness (QED) is 0.324. The molecule has 0 aromatic heterocycles. The molecule has 2 nitrogen and oxygen atoms in total. The minimum atomic E-state index is 0.686. The monoisotopic (exact) mass is 211 g/mol. The first-order chi connectivity index (χ1) is 7.77. The minimum absolute atomic E-state index is 0.686. The summed E-state index contributed by atoms with van der Waals surface area (Å²) in [6.45, 7) is 1.93.